The zero-order valence-electron chi connectivity index (χ0n) is 9.48. The molecular weight excluding hydrogens is 268 g/mol. The predicted octanol–water partition coefficient (Wildman–Crippen LogP) is 1.55. The third-order valence-corrected chi connectivity index (χ3v) is 2.57. The number of nitriles is 1. The van der Waals surface area contributed by atoms with Crippen molar-refractivity contribution < 1.29 is 4.79 Å². The molecule has 0 saturated carbocycles. The number of hydrogen-bond donors (Lipinski definition) is 2. The molecule has 6 nitrogen and oxygen atoms in total. The quantitative estimate of drug-likeness (QED) is 0.868. The largest absolute Gasteiger partial charge is 0.321 e. The maximum Gasteiger partial charge on any atom is 0.276 e. The van der Waals surface area contributed by atoms with E-state index in [1.54, 1.807) is 6.07 Å². The van der Waals surface area contributed by atoms with Gasteiger partial charge in [-0.15, -0.1) is 0 Å². The van der Waals surface area contributed by atoms with Gasteiger partial charge in [0.2, 0.25) is 0 Å². The molecule has 2 N–H and O–H groups in total. The molecule has 0 radical (unpaired) electrons. The maximum absolute atomic E-state index is 11.8. The van der Waals surface area contributed by atoms with Crippen LogP contribution in [0.15, 0.2) is 35.1 Å². The molecule has 94 valence electrons. The molecule has 0 aliphatic carbocycles. The Labute approximate surface area is 112 Å². The van der Waals surface area contributed by atoms with Gasteiger partial charge in [0.25, 0.3) is 11.5 Å². The van der Waals surface area contributed by atoms with Crippen LogP contribution in [0, 0.1) is 11.3 Å². The highest BCUT2D eigenvalue weighted by Gasteiger charge is 2.09. The summed E-state index contributed by atoms with van der Waals surface area (Å²) in [7, 11) is 0. The van der Waals surface area contributed by atoms with Crippen molar-refractivity contribution in [2.24, 2.45) is 0 Å². The molecule has 7 heteroatoms. The van der Waals surface area contributed by atoms with Gasteiger partial charge in [-0.25, -0.2) is 5.10 Å². The zero-order chi connectivity index (χ0) is 13.8. The number of carbonyl (C=O) groups is 1. The lowest BCUT2D eigenvalue weighted by atomic mass is 10.2. The minimum absolute atomic E-state index is 0.0695. The van der Waals surface area contributed by atoms with E-state index in [4.69, 9.17) is 16.9 Å². The average molecular weight is 275 g/mol. The second-order valence-electron chi connectivity index (χ2n) is 3.57. The first-order chi connectivity index (χ1) is 9.10. The molecule has 0 fully saturated rings. The first kappa shape index (κ1) is 12.8. The van der Waals surface area contributed by atoms with E-state index in [2.05, 4.69) is 15.5 Å². The van der Waals surface area contributed by atoms with Gasteiger partial charge < -0.3 is 5.32 Å². The third kappa shape index (κ3) is 2.97. The summed E-state index contributed by atoms with van der Waals surface area (Å²) < 4.78 is 0. The topological polar surface area (TPSA) is 98.6 Å². The Morgan fingerprint density at radius 2 is 2.16 bits per heavy atom. The lowest BCUT2D eigenvalue weighted by molar-refractivity contribution is 0.102. The van der Waals surface area contributed by atoms with Gasteiger partial charge in [-0.2, -0.15) is 10.4 Å². The molecule has 2 rings (SSSR count). The summed E-state index contributed by atoms with van der Waals surface area (Å²) in [5.74, 6) is -0.489. The van der Waals surface area contributed by atoms with Crippen molar-refractivity contribution in [1.82, 2.24) is 10.2 Å². The number of nitrogens with one attached hydrogen (secondary N) is 2. The molecule has 0 aliphatic rings. The Balaban J connectivity index is 2.20. The summed E-state index contributed by atoms with van der Waals surface area (Å²) in [5.41, 5.74) is 0.432. The molecule has 0 saturated heterocycles. The van der Waals surface area contributed by atoms with Crippen LogP contribution in [-0.4, -0.2) is 16.1 Å². The number of aromatic amines is 1. The van der Waals surface area contributed by atoms with Crippen molar-refractivity contribution in [2.75, 3.05) is 5.32 Å². The molecule has 0 aliphatic heterocycles. The van der Waals surface area contributed by atoms with Crippen molar-refractivity contribution in [3.63, 3.8) is 0 Å². The minimum atomic E-state index is -0.489. The van der Waals surface area contributed by atoms with Crippen LogP contribution in [0.25, 0.3) is 0 Å². The second-order valence-corrected chi connectivity index (χ2v) is 3.97. The summed E-state index contributed by atoms with van der Waals surface area (Å²) >= 11 is 5.84. The van der Waals surface area contributed by atoms with Crippen molar-refractivity contribution in [1.29, 1.82) is 5.26 Å². The number of amides is 1. The van der Waals surface area contributed by atoms with Crippen molar-refractivity contribution in [3.8, 4) is 6.07 Å². The summed E-state index contributed by atoms with van der Waals surface area (Å²) in [6.07, 6.45) is 0. The fraction of sp³-hybridized carbons (Fsp3) is 0. The van der Waals surface area contributed by atoms with Gasteiger partial charge in [-0.05, 0) is 24.3 Å². The summed E-state index contributed by atoms with van der Waals surface area (Å²) in [4.78, 5) is 22.6. The Bertz CT molecular complexity index is 713. The van der Waals surface area contributed by atoms with Crippen LogP contribution < -0.4 is 10.9 Å². The first-order valence-electron chi connectivity index (χ1n) is 5.17. The van der Waals surface area contributed by atoms with E-state index in [0.29, 0.717) is 11.3 Å². The van der Waals surface area contributed by atoms with Crippen molar-refractivity contribution in [3.05, 3.63) is 57.0 Å². The van der Waals surface area contributed by atoms with Crippen LogP contribution in [0.2, 0.25) is 5.02 Å². The highest BCUT2D eigenvalue weighted by Crippen LogP contribution is 2.20. The molecule has 2 aromatic rings. The van der Waals surface area contributed by atoms with Gasteiger partial charge in [0.05, 0.1) is 10.6 Å². The summed E-state index contributed by atoms with van der Waals surface area (Å²) in [6.45, 7) is 0. The van der Waals surface area contributed by atoms with Gasteiger partial charge in [-0.3, -0.25) is 9.59 Å². The molecular formula is C12H7ClN4O2. The van der Waals surface area contributed by atoms with Gasteiger partial charge >= 0.3 is 0 Å². The smallest absolute Gasteiger partial charge is 0.276 e. The number of benzene rings is 1. The molecule has 1 aromatic heterocycles. The van der Waals surface area contributed by atoms with Gasteiger partial charge in [0.15, 0.2) is 0 Å². The standard InChI is InChI=1S/C12H7ClN4O2/c13-9-5-8(2-1-7(9)6-14)15-12(19)10-3-4-11(18)17-16-10/h1-5H,(H,15,19)(H,17,18). The number of anilines is 1. The molecule has 0 bridgehead atoms. The summed E-state index contributed by atoms with van der Waals surface area (Å²) in [5, 5.41) is 17.3. The van der Waals surface area contributed by atoms with Crippen LogP contribution in [0.5, 0.6) is 0 Å². The average Bonchev–Trinajstić information content (AvgIpc) is 2.39. The van der Waals surface area contributed by atoms with E-state index in [1.807, 2.05) is 6.07 Å². The number of rotatable bonds is 2. The van der Waals surface area contributed by atoms with Crippen molar-refractivity contribution in [2.45, 2.75) is 0 Å². The molecule has 0 atom stereocenters. The zero-order valence-corrected chi connectivity index (χ0v) is 10.2. The Hall–Kier alpha value is -2.65. The molecule has 0 spiro atoms. The number of hydrogen-bond acceptors (Lipinski definition) is 4. The molecule has 1 heterocycles. The van der Waals surface area contributed by atoms with E-state index < -0.39 is 11.5 Å². The number of aromatic nitrogens is 2. The van der Waals surface area contributed by atoms with Crippen LogP contribution >= 0.6 is 11.6 Å². The molecule has 0 unspecified atom stereocenters. The maximum atomic E-state index is 11.8. The van der Waals surface area contributed by atoms with E-state index in [9.17, 15) is 9.59 Å². The van der Waals surface area contributed by atoms with Crippen LogP contribution in [0.1, 0.15) is 16.1 Å². The highest BCUT2D eigenvalue weighted by atomic mass is 35.5. The van der Waals surface area contributed by atoms with Crippen LogP contribution in [0.3, 0.4) is 0 Å². The molecule has 1 amide bonds. The lowest BCUT2D eigenvalue weighted by Gasteiger charge is -2.05. The van der Waals surface area contributed by atoms with Gasteiger partial charge in [0, 0.05) is 11.8 Å². The number of nitrogens with zero attached hydrogens (tertiary/aromatic N) is 2. The first-order valence-corrected chi connectivity index (χ1v) is 5.54. The third-order valence-electron chi connectivity index (χ3n) is 2.26. The Morgan fingerprint density at radius 1 is 1.37 bits per heavy atom. The normalized spacial score (nSPS) is 9.68. The number of carbonyl (C=O) groups excluding carboxylic acids is 1. The Kier molecular flexibility index (Phi) is 3.59. The van der Waals surface area contributed by atoms with Gasteiger partial charge in [-0.1, -0.05) is 11.6 Å². The fourth-order valence-corrected chi connectivity index (χ4v) is 1.57. The van der Waals surface area contributed by atoms with E-state index in [1.165, 1.54) is 24.3 Å². The molecule has 19 heavy (non-hydrogen) atoms. The van der Waals surface area contributed by atoms with E-state index in [0.717, 1.165) is 0 Å². The van der Waals surface area contributed by atoms with Crippen LogP contribution in [0.4, 0.5) is 5.69 Å². The Morgan fingerprint density at radius 3 is 2.74 bits per heavy atom. The van der Waals surface area contributed by atoms with Crippen LogP contribution in [-0.2, 0) is 0 Å². The fourth-order valence-electron chi connectivity index (χ4n) is 1.35. The number of halogens is 1. The lowest BCUT2D eigenvalue weighted by Crippen LogP contribution is -2.17. The number of H-pyrrole nitrogens is 1. The minimum Gasteiger partial charge on any atom is -0.321 e. The SMILES string of the molecule is N#Cc1ccc(NC(=O)c2ccc(=O)[nH]n2)cc1Cl. The monoisotopic (exact) mass is 274 g/mol. The van der Waals surface area contributed by atoms with Gasteiger partial charge in [0.1, 0.15) is 11.8 Å². The van der Waals surface area contributed by atoms with Crippen molar-refractivity contribution >= 4 is 23.2 Å². The second kappa shape index (κ2) is 5.33. The summed E-state index contributed by atoms with van der Waals surface area (Å²) in [6, 6.07) is 8.93. The van der Waals surface area contributed by atoms with E-state index >= 15 is 0 Å². The predicted molar refractivity (Wildman–Crippen MR) is 69.0 cm³/mol. The molecule has 1 aromatic carbocycles. The van der Waals surface area contributed by atoms with E-state index in [-0.39, 0.29) is 10.7 Å². The highest BCUT2D eigenvalue weighted by molar-refractivity contribution is 6.32.